The first kappa shape index (κ1) is 25.3. The lowest BCUT2D eigenvalue weighted by Crippen LogP contribution is -2.47. The number of fused-ring (bicyclic) bond motifs is 1. The summed E-state index contributed by atoms with van der Waals surface area (Å²) in [7, 11) is 0. The highest BCUT2D eigenvalue weighted by molar-refractivity contribution is 5.72. The van der Waals surface area contributed by atoms with Crippen LogP contribution >= 0.6 is 0 Å². The van der Waals surface area contributed by atoms with Crippen LogP contribution in [0, 0.1) is 0 Å². The Kier molecular flexibility index (Phi) is 7.66. The van der Waals surface area contributed by atoms with Crippen LogP contribution in [0.15, 0.2) is 46.9 Å². The van der Waals surface area contributed by atoms with E-state index in [9.17, 15) is 19.5 Å². The quantitative estimate of drug-likeness (QED) is 0.383. The molecule has 1 saturated heterocycles. The maximum absolute atomic E-state index is 11.8. The number of aromatic nitrogens is 1. The molecule has 1 fully saturated rings. The summed E-state index contributed by atoms with van der Waals surface area (Å²) in [6, 6.07) is 12.5. The Morgan fingerprint density at radius 3 is 2.53 bits per heavy atom. The Labute approximate surface area is 207 Å². The molecule has 1 N–H and O–H groups in total. The van der Waals surface area contributed by atoms with Gasteiger partial charge in [0.1, 0.15) is 36.2 Å². The molecule has 1 aliphatic rings. The third kappa shape index (κ3) is 6.07. The van der Waals surface area contributed by atoms with Gasteiger partial charge in [-0.3, -0.25) is 14.4 Å². The minimum Gasteiger partial charge on any atom is -0.463 e. The molecule has 10 nitrogen and oxygen atoms in total. The lowest BCUT2D eigenvalue weighted by Gasteiger charge is -2.39. The van der Waals surface area contributed by atoms with Crippen molar-refractivity contribution in [1.82, 2.24) is 4.98 Å². The molecule has 4 rings (SSSR count). The van der Waals surface area contributed by atoms with Crippen molar-refractivity contribution in [1.29, 1.82) is 0 Å². The molecule has 3 aromatic rings. The fraction of sp³-hybridized carbons (Fsp3) is 0.385. The van der Waals surface area contributed by atoms with Crippen LogP contribution in [0.1, 0.15) is 50.3 Å². The molecule has 0 amide bonds. The highest BCUT2D eigenvalue weighted by Crippen LogP contribution is 2.39. The number of carbonyl (C=O) groups excluding carboxylic acids is 3. The largest absolute Gasteiger partial charge is 0.463 e. The first-order chi connectivity index (χ1) is 17.2. The van der Waals surface area contributed by atoms with Gasteiger partial charge in [-0.1, -0.05) is 18.2 Å². The van der Waals surface area contributed by atoms with Gasteiger partial charge in [0, 0.05) is 39.2 Å². The van der Waals surface area contributed by atoms with Gasteiger partial charge in [-0.15, -0.1) is 0 Å². The molecule has 2 heterocycles. The molecule has 0 spiro atoms. The third-order valence-electron chi connectivity index (χ3n) is 5.64. The van der Waals surface area contributed by atoms with Gasteiger partial charge in [-0.2, -0.15) is 0 Å². The average molecular weight is 498 g/mol. The zero-order chi connectivity index (χ0) is 25.8. The van der Waals surface area contributed by atoms with Crippen molar-refractivity contribution < 1.29 is 42.9 Å². The fourth-order valence-corrected chi connectivity index (χ4v) is 4.19. The van der Waals surface area contributed by atoms with Crippen molar-refractivity contribution in [3.8, 4) is 5.75 Å². The number of aliphatic hydroxyl groups is 1. The third-order valence-corrected chi connectivity index (χ3v) is 5.64. The van der Waals surface area contributed by atoms with E-state index in [-0.39, 0.29) is 18.8 Å². The van der Waals surface area contributed by atoms with Crippen LogP contribution in [0.5, 0.6) is 5.75 Å². The molecule has 36 heavy (non-hydrogen) atoms. The number of aliphatic hydroxyl groups excluding tert-OH is 1. The Balaban J connectivity index is 1.68. The molecular formula is C26H27NO9. The number of rotatable bonds is 7. The van der Waals surface area contributed by atoms with Crippen LogP contribution in [0.2, 0.25) is 0 Å². The van der Waals surface area contributed by atoms with E-state index in [2.05, 4.69) is 4.98 Å². The summed E-state index contributed by atoms with van der Waals surface area (Å²) in [5, 5.41) is 11.1. The number of esters is 3. The minimum atomic E-state index is -1.27. The monoisotopic (exact) mass is 497 g/mol. The summed E-state index contributed by atoms with van der Waals surface area (Å²) in [4.78, 5) is 39.3. The van der Waals surface area contributed by atoms with Gasteiger partial charge in [-0.05, 0) is 29.8 Å². The predicted molar refractivity (Wildman–Crippen MR) is 125 cm³/mol. The van der Waals surface area contributed by atoms with Gasteiger partial charge in [-0.25, -0.2) is 4.98 Å². The normalized spacial score (nSPS) is 21.7. The Morgan fingerprint density at radius 1 is 1.06 bits per heavy atom. The van der Waals surface area contributed by atoms with Crippen LogP contribution < -0.4 is 4.74 Å². The summed E-state index contributed by atoms with van der Waals surface area (Å²) in [5.41, 5.74) is 2.52. The van der Waals surface area contributed by atoms with Crippen LogP contribution in [-0.4, -0.2) is 52.9 Å². The average Bonchev–Trinajstić information content (AvgIpc) is 3.22. The molecule has 0 bridgehead atoms. The van der Waals surface area contributed by atoms with E-state index in [1.807, 2.05) is 24.3 Å². The molecule has 4 atom stereocenters. The van der Waals surface area contributed by atoms with Gasteiger partial charge in [0.15, 0.2) is 11.5 Å². The smallest absolute Gasteiger partial charge is 0.308 e. The Bertz CT molecular complexity index is 1230. The number of hydrogen-bond acceptors (Lipinski definition) is 10. The van der Waals surface area contributed by atoms with E-state index < -0.39 is 42.3 Å². The fourth-order valence-electron chi connectivity index (χ4n) is 4.19. The van der Waals surface area contributed by atoms with E-state index in [0.717, 1.165) is 11.1 Å². The molecule has 2 unspecified atom stereocenters. The first-order valence-electron chi connectivity index (χ1n) is 11.5. The number of nitrogens with zero attached hydrogens (tertiary/aromatic N) is 1. The molecule has 2 aromatic carbocycles. The van der Waals surface area contributed by atoms with Crippen molar-refractivity contribution in [3.05, 3.63) is 59.5 Å². The maximum Gasteiger partial charge on any atom is 0.308 e. The van der Waals surface area contributed by atoms with E-state index in [1.54, 1.807) is 18.2 Å². The second-order valence-electron chi connectivity index (χ2n) is 8.57. The zero-order valence-electron chi connectivity index (χ0n) is 20.1. The number of para-hydroxylation sites is 2. The molecule has 1 aromatic heterocycles. The predicted octanol–water partition coefficient (Wildman–Crippen LogP) is 3.03. The number of oxazole rings is 1. The van der Waals surface area contributed by atoms with Crippen LogP contribution in [0.3, 0.4) is 0 Å². The Hall–Kier alpha value is -3.76. The van der Waals surface area contributed by atoms with Crippen molar-refractivity contribution in [2.24, 2.45) is 0 Å². The lowest BCUT2D eigenvalue weighted by molar-refractivity contribution is -0.202. The van der Waals surface area contributed by atoms with Gasteiger partial charge < -0.3 is 28.5 Å². The van der Waals surface area contributed by atoms with Crippen molar-refractivity contribution >= 4 is 29.0 Å². The van der Waals surface area contributed by atoms with E-state index >= 15 is 0 Å². The number of ether oxygens (including phenoxy) is 4. The van der Waals surface area contributed by atoms with Crippen LogP contribution in [-0.2, 0) is 35.0 Å². The second-order valence-corrected chi connectivity index (χ2v) is 8.57. The molecule has 0 radical (unpaired) electrons. The number of hydrogen-bond donors (Lipinski definition) is 1. The van der Waals surface area contributed by atoms with Crippen LogP contribution in [0.25, 0.3) is 11.1 Å². The molecule has 0 aliphatic carbocycles. The van der Waals surface area contributed by atoms with Gasteiger partial charge in [0.25, 0.3) is 0 Å². The van der Waals surface area contributed by atoms with E-state index in [0.29, 0.717) is 23.5 Å². The highest BCUT2D eigenvalue weighted by Gasteiger charge is 2.42. The molecule has 190 valence electrons. The second kappa shape index (κ2) is 10.9. The minimum absolute atomic E-state index is 0.0954. The van der Waals surface area contributed by atoms with E-state index in [1.165, 1.54) is 20.8 Å². The summed E-state index contributed by atoms with van der Waals surface area (Å²) in [5.74, 6) is -0.955. The van der Waals surface area contributed by atoms with E-state index in [4.69, 9.17) is 23.4 Å². The SMILES string of the molecule is CC(=O)OCC1CC(OC(C)=O)[C@@H](O)[C@H](c2cc(Cc3nc4ccccc4o3)ccc2OC(C)=O)O1. The van der Waals surface area contributed by atoms with Crippen molar-refractivity contribution in [2.45, 2.75) is 58.0 Å². The van der Waals surface area contributed by atoms with Crippen molar-refractivity contribution in [2.75, 3.05) is 6.61 Å². The topological polar surface area (TPSA) is 134 Å². The van der Waals surface area contributed by atoms with Crippen LogP contribution in [0.4, 0.5) is 0 Å². The number of carbonyl (C=O) groups is 3. The van der Waals surface area contributed by atoms with Gasteiger partial charge >= 0.3 is 17.9 Å². The summed E-state index contributed by atoms with van der Waals surface area (Å²) in [6.07, 6.45) is -3.45. The molecular weight excluding hydrogens is 470 g/mol. The standard InChI is InChI=1S/C26H27NO9/c1-14(28)32-13-18-12-23(34-16(3)30)25(31)26(35-18)19-10-17(8-9-21(19)33-15(2)29)11-24-27-20-6-4-5-7-22(20)36-24/h4-10,18,23,25-26,31H,11-13H2,1-3H3/t18?,23?,25-,26+/m1/s1. The molecule has 1 aliphatic heterocycles. The van der Waals surface area contributed by atoms with Gasteiger partial charge in [0.2, 0.25) is 0 Å². The summed E-state index contributed by atoms with van der Waals surface area (Å²) in [6.45, 7) is 3.68. The summed E-state index contributed by atoms with van der Waals surface area (Å²) < 4.78 is 27.7. The Morgan fingerprint density at radius 2 is 1.83 bits per heavy atom. The maximum atomic E-state index is 11.8. The first-order valence-corrected chi connectivity index (χ1v) is 11.5. The van der Waals surface area contributed by atoms with Crippen molar-refractivity contribution in [3.63, 3.8) is 0 Å². The zero-order valence-corrected chi connectivity index (χ0v) is 20.1. The lowest BCUT2D eigenvalue weighted by atomic mass is 9.91. The molecule has 10 heteroatoms. The molecule has 0 saturated carbocycles. The number of benzene rings is 2. The summed E-state index contributed by atoms with van der Waals surface area (Å²) >= 11 is 0. The highest BCUT2D eigenvalue weighted by atomic mass is 16.6. The van der Waals surface area contributed by atoms with Gasteiger partial charge in [0.05, 0.1) is 6.10 Å².